The molecule has 8 heteroatoms. The van der Waals surface area contributed by atoms with Gasteiger partial charge in [0.1, 0.15) is 11.5 Å². The summed E-state index contributed by atoms with van der Waals surface area (Å²) in [4.78, 5) is 22.8. The van der Waals surface area contributed by atoms with Crippen LogP contribution in [0.3, 0.4) is 0 Å². The Kier molecular flexibility index (Phi) is 5.72. The molecule has 0 spiro atoms. The van der Waals surface area contributed by atoms with Crippen molar-refractivity contribution in [3.63, 3.8) is 0 Å². The largest absolute Gasteiger partial charge is 0.458 e. The molecule has 0 radical (unpaired) electrons. The first-order valence-corrected chi connectivity index (χ1v) is 18.2. The number of para-hydroxylation sites is 4. The van der Waals surface area contributed by atoms with Crippen molar-refractivity contribution >= 4 is 38.9 Å². The van der Waals surface area contributed by atoms with Gasteiger partial charge in [0.05, 0.1) is 52.5 Å². The summed E-state index contributed by atoms with van der Waals surface area (Å²) in [5.74, 6) is 1.21. The van der Waals surface area contributed by atoms with Crippen molar-refractivity contribution in [1.82, 2.24) is 23.5 Å². The van der Waals surface area contributed by atoms with E-state index in [1.807, 2.05) is 69.6 Å². The van der Waals surface area contributed by atoms with Gasteiger partial charge < -0.3 is 4.74 Å². The van der Waals surface area contributed by atoms with Crippen molar-refractivity contribution in [3.8, 4) is 50.8 Å². The molecule has 58 heavy (non-hydrogen) atoms. The van der Waals surface area contributed by atoms with Crippen LogP contribution < -0.4 is 14.9 Å². The molecular formula is C50H32N6O2. The zero-order valence-electron chi connectivity index (χ0n) is 40.2. The molecule has 11 aromatic rings. The molecule has 4 heterocycles. The third-order valence-corrected chi connectivity index (χ3v) is 9.95. The van der Waals surface area contributed by atoms with Crippen molar-refractivity contribution in [1.29, 1.82) is 0 Å². The number of hydrogen-bond acceptors (Lipinski definition) is 4. The first kappa shape index (κ1) is 24.4. The Morgan fingerprint density at radius 2 is 1.29 bits per heavy atom. The maximum atomic E-state index is 13.6. The van der Waals surface area contributed by atoms with E-state index in [1.54, 1.807) is 82.1 Å². The quantitative estimate of drug-likeness (QED) is 0.120. The first-order chi connectivity index (χ1) is 32.8. The van der Waals surface area contributed by atoms with Gasteiger partial charge in [-0.25, -0.2) is 4.98 Å². The fraction of sp³-hybridized carbons (Fsp3) is 0. The summed E-state index contributed by atoms with van der Waals surface area (Å²) in [6, 6.07) is 32.2. The van der Waals surface area contributed by atoms with Gasteiger partial charge in [-0.2, -0.15) is 4.98 Å². The van der Waals surface area contributed by atoms with Gasteiger partial charge in [0, 0.05) is 18.0 Å². The number of pyridine rings is 1. The Morgan fingerprint density at radius 1 is 0.621 bits per heavy atom. The number of fused-ring (bicyclic) bond motifs is 6. The lowest BCUT2D eigenvalue weighted by Gasteiger charge is -2.17. The van der Waals surface area contributed by atoms with Gasteiger partial charge >= 0.3 is 0 Å². The van der Waals surface area contributed by atoms with Gasteiger partial charge in [-0.3, -0.25) is 22.9 Å². The molecule has 0 amide bonds. The molecule has 0 bridgehead atoms. The number of nitrogens with zero attached hydrogens (tertiary/aromatic N) is 6. The Morgan fingerprint density at radius 3 is 2.07 bits per heavy atom. The van der Waals surface area contributed by atoms with Crippen LogP contribution in [0.25, 0.3) is 78.2 Å². The second kappa shape index (κ2) is 13.6. The van der Waals surface area contributed by atoms with Gasteiger partial charge in [-0.15, -0.1) is 0 Å². The van der Waals surface area contributed by atoms with E-state index in [1.165, 1.54) is 0 Å². The van der Waals surface area contributed by atoms with E-state index >= 15 is 0 Å². The van der Waals surface area contributed by atoms with Crippen LogP contribution in [0, 0.1) is 6.33 Å². The normalized spacial score (nSPS) is 13.9. The number of benzene rings is 7. The van der Waals surface area contributed by atoms with Gasteiger partial charge in [-0.1, -0.05) is 127 Å². The number of imidazole rings is 2. The molecule has 0 fully saturated rings. The van der Waals surface area contributed by atoms with Crippen LogP contribution in [-0.4, -0.2) is 23.5 Å². The smallest absolute Gasteiger partial charge is 0.282 e. The minimum Gasteiger partial charge on any atom is -0.458 e. The molecular weight excluding hydrogens is 717 g/mol. The minimum absolute atomic E-state index is 0.134. The van der Waals surface area contributed by atoms with Crippen LogP contribution in [0.5, 0.6) is 11.5 Å². The lowest BCUT2D eigenvalue weighted by atomic mass is 9.95. The van der Waals surface area contributed by atoms with Crippen LogP contribution in [0.15, 0.2) is 199 Å². The summed E-state index contributed by atoms with van der Waals surface area (Å²) < 4.78 is 100. The van der Waals surface area contributed by atoms with Crippen molar-refractivity contribution < 1.29 is 23.0 Å². The highest BCUT2D eigenvalue weighted by molar-refractivity contribution is 5.90. The van der Waals surface area contributed by atoms with Crippen molar-refractivity contribution in [2.75, 3.05) is 0 Å². The molecule has 0 aliphatic carbocycles. The van der Waals surface area contributed by atoms with Crippen LogP contribution >= 0.6 is 0 Å². The van der Waals surface area contributed by atoms with E-state index in [9.17, 15) is 4.79 Å². The van der Waals surface area contributed by atoms with Gasteiger partial charge in [0.15, 0.2) is 5.65 Å². The standard InChI is InChI=1S/C50H32N6O2/c57-49-42-29-28-39(32-46(42)56-48-45(27-14-30-51-48)55(50(56)52-49)36-19-8-3-9-20-36)58-38-22-12-21-37(31-38)53-33-54(44-26-11-10-25-43(44)53)47-40(34-15-4-1-5-16-34)23-13-24-41(47)35-17-6-2-7-18-35/h1-32H/i1D,2D,4D,5D,6D,7D,15D,16D,17D,18D. The number of ether oxygens (including phenoxy) is 1. The van der Waals surface area contributed by atoms with Crippen molar-refractivity contribution in [2.45, 2.75) is 0 Å². The zero-order valence-corrected chi connectivity index (χ0v) is 30.2. The van der Waals surface area contributed by atoms with Gasteiger partial charge in [0.25, 0.3) is 11.9 Å². The maximum Gasteiger partial charge on any atom is 0.282 e. The highest BCUT2D eigenvalue weighted by Crippen LogP contribution is 2.35. The Labute approximate surface area is 346 Å². The molecule has 0 atom stereocenters. The van der Waals surface area contributed by atoms with E-state index in [0.29, 0.717) is 50.5 Å². The van der Waals surface area contributed by atoms with Crippen molar-refractivity contribution in [3.05, 3.63) is 211 Å². The summed E-state index contributed by atoms with van der Waals surface area (Å²) in [5.41, 5.74) is 4.08. The molecule has 0 N–H and O–H groups in total. The third-order valence-electron chi connectivity index (χ3n) is 9.95. The molecule has 274 valence electrons. The fourth-order valence-electron chi connectivity index (χ4n) is 7.48. The number of aromatic nitrogens is 6. The summed E-state index contributed by atoms with van der Waals surface area (Å²) in [7, 11) is 0. The van der Waals surface area contributed by atoms with E-state index < -0.39 is 66.0 Å². The predicted molar refractivity (Wildman–Crippen MR) is 228 cm³/mol. The van der Waals surface area contributed by atoms with Gasteiger partial charge in [-0.05, 0) is 76.9 Å². The minimum atomic E-state index is -0.583. The molecule has 0 aliphatic heterocycles. The summed E-state index contributed by atoms with van der Waals surface area (Å²) in [6.45, 7) is 0. The van der Waals surface area contributed by atoms with Crippen LogP contribution in [0.1, 0.15) is 13.7 Å². The Balaban J connectivity index is 1.09. The van der Waals surface area contributed by atoms with E-state index in [4.69, 9.17) is 23.4 Å². The van der Waals surface area contributed by atoms with E-state index in [0.717, 1.165) is 11.2 Å². The molecule has 11 rings (SSSR count). The van der Waals surface area contributed by atoms with Crippen LogP contribution in [-0.2, 0) is 0 Å². The first-order valence-electron chi connectivity index (χ1n) is 23.2. The average Bonchev–Trinajstić information content (AvgIpc) is 3.90. The molecule has 7 aromatic carbocycles. The monoisotopic (exact) mass is 758 g/mol. The molecule has 0 saturated carbocycles. The Bertz CT molecular complexity index is 3860. The predicted octanol–water partition coefficient (Wildman–Crippen LogP) is 10.3. The van der Waals surface area contributed by atoms with E-state index in [2.05, 4.69) is 11.3 Å². The SMILES string of the molecule is [2H]c1c([2H])c([2H])c(-c2cccc(-c3c([2H])c([2H])c([2H])c([2H])c3[2H])c2-[n+]2[c-]n(-c3cccc(Oc4ccc5c(=O)nc6n(-c7ccccc7)c7cccnc7n6c5c4)c3)c3ccccc32)c([2H])c1[2H]. The average molecular weight is 759 g/mol. The molecule has 0 aliphatic rings. The summed E-state index contributed by atoms with van der Waals surface area (Å²) in [5, 5.41) is 0.367. The molecule has 0 unspecified atom stereocenters. The third kappa shape index (κ3) is 5.46. The second-order valence-electron chi connectivity index (χ2n) is 13.3. The second-order valence-corrected chi connectivity index (χ2v) is 13.3. The highest BCUT2D eigenvalue weighted by Gasteiger charge is 2.21. The maximum absolute atomic E-state index is 13.6. The van der Waals surface area contributed by atoms with E-state index in [-0.39, 0.29) is 27.9 Å². The highest BCUT2D eigenvalue weighted by atomic mass is 16.5. The van der Waals surface area contributed by atoms with Gasteiger partial charge in [0.2, 0.25) is 5.78 Å². The van der Waals surface area contributed by atoms with Crippen LogP contribution in [0.2, 0.25) is 0 Å². The zero-order chi connectivity index (χ0) is 47.3. The summed E-state index contributed by atoms with van der Waals surface area (Å²) >= 11 is 0. The lowest BCUT2D eigenvalue weighted by molar-refractivity contribution is -0.571. The van der Waals surface area contributed by atoms with Crippen LogP contribution in [0.4, 0.5) is 0 Å². The molecule has 8 nitrogen and oxygen atoms in total. The number of hydrogen-bond donors (Lipinski definition) is 0. The molecule has 4 aromatic heterocycles. The van der Waals surface area contributed by atoms with Crippen molar-refractivity contribution in [2.24, 2.45) is 0 Å². The topological polar surface area (TPSA) is 70.2 Å². The Hall–Kier alpha value is -8.10. The number of rotatable bonds is 7. The lowest BCUT2D eigenvalue weighted by Crippen LogP contribution is -2.31. The fourth-order valence-corrected chi connectivity index (χ4v) is 7.48. The summed E-state index contributed by atoms with van der Waals surface area (Å²) in [6.07, 6.45) is 5.08. The molecule has 0 saturated heterocycles.